The SMILES string of the molecule is COOOC(C)c1ccc(C)cc1. The van der Waals surface area contributed by atoms with Gasteiger partial charge in [-0.25, -0.2) is 4.89 Å². The summed E-state index contributed by atoms with van der Waals surface area (Å²) >= 11 is 0. The van der Waals surface area contributed by atoms with Crippen LogP contribution in [0.15, 0.2) is 24.3 Å². The Kier molecular flexibility index (Phi) is 3.89. The summed E-state index contributed by atoms with van der Waals surface area (Å²) in [6, 6.07) is 8.06. The van der Waals surface area contributed by atoms with E-state index in [1.165, 1.54) is 12.7 Å². The van der Waals surface area contributed by atoms with E-state index in [4.69, 9.17) is 4.89 Å². The van der Waals surface area contributed by atoms with Crippen LogP contribution in [-0.4, -0.2) is 7.11 Å². The summed E-state index contributed by atoms with van der Waals surface area (Å²) in [6.45, 7) is 3.94. The van der Waals surface area contributed by atoms with Crippen LogP contribution in [0.3, 0.4) is 0 Å². The number of aryl methyl sites for hydroxylation is 1. The molecule has 0 radical (unpaired) electrons. The molecule has 0 aliphatic rings. The fourth-order valence-electron chi connectivity index (χ4n) is 0.991. The summed E-state index contributed by atoms with van der Waals surface area (Å²) in [7, 11) is 1.40. The van der Waals surface area contributed by atoms with Gasteiger partial charge in [-0.3, -0.25) is 0 Å². The molecular weight excluding hydrogens is 168 g/mol. The smallest absolute Gasteiger partial charge is 0.118 e. The molecular formula is C10H14O3. The highest BCUT2D eigenvalue weighted by Gasteiger charge is 2.05. The highest BCUT2D eigenvalue weighted by molar-refractivity contribution is 5.22. The average Bonchev–Trinajstić information content (AvgIpc) is 2.15. The Morgan fingerprint density at radius 3 is 2.31 bits per heavy atom. The maximum Gasteiger partial charge on any atom is 0.118 e. The summed E-state index contributed by atoms with van der Waals surface area (Å²) in [5.74, 6) is 0. The van der Waals surface area contributed by atoms with Crippen molar-refractivity contribution in [2.24, 2.45) is 0 Å². The topological polar surface area (TPSA) is 27.7 Å². The molecule has 1 aromatic carbocycles. The molecule has 1 atom stereocenters. The van der Waals surface area contributed by atoms with E-state index in [1.54, 1.807) is 0 Å². The Morgan fingerprint density at radius 1 is 1.15 bits per heavy atom. The van der Waals surface area contributed by atoms with Crippen LogP contribution in [0.25, 0.3) is 0 Å². The molecule has 0 spiro atoms. The zero-order valence-corrected chi connectivity index (χ0v) is 8.11. The van der Waals surface area contributed by atoms with Crippen LogP contribution in [0.1, 0.15) is 24.2 Å². The number of benzene rings is 1. The van der Waals surface area contributed by atoms with Gasteiger partial charge in [0.05, 0.1) is 7.11 Å². The fourth-order valence-corrected chi connectivity index (χ4v) is 0.991. The fraction of sp³-hybridized carbons (Fsp3) is 0.400. The van der Waals surface area contributed by atoms with Gasteiger partial charge in [0.15, 0.2) is 0 Å². The Hall–Kier alpha value is -0.900. The number of hydrogen-bond donors (Lipinski definition) is 0. The lowest BCUT2D eigenvalue weighted by molar-refractivity contribution is -0.517. The zero-order chi connectivity index (χ0) is 9.68. The molecule has 0 N–H and O–H groups in total. The normalized spacial score (nSPS) is 12.8. The van der Waals surface area contributed by atoms with Gasteiger partial charge in [-0.1, -0.05) is 34.9 Å². The first-order chi connectivity index (χ1) is 6.24. The summed E-state index contributed by atoms with van der Waals surface area (Å²) in [5, 5.41) is 4.38. The van der Waals surface area contributed by atoms with Gasteiger partial charge in [0.25, 0.3) is 0 Å². The first-order valence-corrected chi connectivity index (χ1v) is 4.16. The van der Waals surface area contributed by atoms with Crippen molar-refractivity contribution in [3.05, 3.63) is 35.4 Å². The molecule has 0 heterocycles. The molecule has 1 unspecified atom stereocenters. The van der Waals surface area contributed by atoms with E-state index >= 15 is 0 Å². The molecule has 0 amide bonds. The van der Waals surface area contributed by atoms with Crippen molar-refractivity contribution in [3.8, 4) is 0 Å². The van der Waals surface area contributed by atoms with Crippen LogP contribution in [0, 0.1) is 6.92 Å². The minimum Gasteiger partial charge on any atom is -0.210 e. The van der Waals surface area contributed by atoms with Crippen molar-refractivity contribution in [3.63, 3.8) is 0 Å². The molecule has 0 saturated heterocycles. The van der Waals surface area contributed by atoms with Crippen LogP contribution in [0.2, 0.25) is 0 Å². The third-order valence-corrected chi connectivity index (χ3v) is 1.80. The summed E-state index contributed by atoms with van der Waals surface area (Å²) < 4.78 is 0. The van der Waals surface area contributed by atoms with E-state index in [9.17, 15) is 0 Å². The van der Waals surface area contributed by atoms with Gasteiger partial charge < -0.3 is 0 Å². The van der Waals surface area contributed by atoms with E-state index < -0.39 is 0 Å². The van der Waals surface area contributed by atoms with E-state index in [1.807, 2.05) is 38.1 Å². The van der Waals surface area contributed by atoms with Gasteiger partial charge >= 0.3 is 0 Å². The maximum absolute atomic E-state index is 4.89. The molecule has 0 aromatic heterocycles. The molecule has 0 bridgehead atoms. The highest BCUT2D eigenvalue weighted by atomic mass is 17.5. The lowest BCUT2D eigenvalue weighted by atomic mass is 10.1. The van der Waals surface area contributed by atoms with Crippen molar-refractivity contribution in [1.82, 2.24) is 0 Å². The first-order valence-electron chi connectivity index (χ1n) is 4.16. The average molecular weight is 182 g/mol. The first kappa shape index (κ1) is 10.2. The molecule has 1 rings (SSSR count). The lowest BCUT2D eigenvalue weighted by Crippen LogP contribution is -2.00. The summed E-state index contributed by atoms with van der Waals surface area (Å²) in [4.78, 5) is 9.23. The summed E-state index contributed by atoms with van der Waals surface area (Å²) in [6.07, 6.45) is -0.124. The van der Waals surface area contributed by atoms with Gasteiger partial charge in [-0.15, -0.1) is 0 Å². The van der Waals surface area contributed by atoms with Crippen molar-refractivity contribution in [1.29, 1.82) is 0 Å². The molecule has 0 saturated carbocycles. The molecule has 3 heteroatoms. The minimum atomic E-state index is -0.124. The number of hydrogen-bond acceptors (Lipinski definition) is 3. The second-order valence-electron chi connectivity index (χ2n) is 2.88. The second kappa shape index (κ2) is 4.97. The van der Waals surface area contributed by atoms with Crippen LogP contribution in [0.4, 0.5) is 0 Å². The Morgan fingerprint density at radius 2 is 1.77 bits per heavy atom. The van der Waals surface area contributed by atoms with Crippen molar-refractivity contribution < 1.29 is 14.8 Å². The van der Waals surface area contributed by atoms with Gasteiger partial charge in [0.1, 0.15) is 6.10 Å². The number of rotatable bonds is 4. The molecule has 0 aliphatic heterocycles. The molecule has 13 heavy (non-hydrogen) atoms. The Bertz CT molecular complexity index is 243. The predicted octanol–water partition coefficient (Wildman–Crippen LogP) is 2.57. The van der Waals surface area contributed by atoms with Crippen LogP contribution in [0.5, 0.6) is 0 Å². The van der Waals surface area contributed by atoms with Crippen LogP contribution in [-0.2, 0) is 14.8 Å². The van der Waals surface area contributed by atoms with Gasteiger partial charge in [0.2, 0.25) is 0 Å². The second-order valence-corrected chi connectivity index (χ2v) is 2.88. The van der Waals surface area contributed by atoms with Gasteiger partial charge in [0, 0.05) is 0 Å². The molecule has 3 nitrogen and oxygen atoms in total. The Balaban J connectivity index is 2.55. The highest BCUT2D eigenvalue weighted by Crippen LogP contribution is 2.16. The third-order valence-electron chi connectivity index (χ3n) is 1.80. The molecule has 0 fully saturated rings. The molecule has 0 aliphatic carbocycles. The minimum absolute atomic E-state index is 0.124. The zero-order valence-electron chi connectivity index (χ0n) is 8.11. The quantitative estimate of drug-likeness (QED) is 0.529. The van der Waals surface area contributed by atoms with Gasteiger partial charge in [-0.2, -0.15) is 4.89 Å². The Labute approximate surface area is 78.1 Å². The molecule has 1 aromatic rings. The van der Waals surface area contributed by atoms with E-state index in [-0.39, 0.29) is 6.10 Å². The maximum atomic E-state index is 4.89. The lowest BCUT2D eigenvalue weighted by Gasteiger charge is -2.09. The van der Waals surface area contributed by atoms with E-state index in [0.717, 1.165) is 5.56 Å². The van der Waals surface area contributed by atoms with Crippen molar-refractivity contribution >= 4 is 0 Å². The third kappa shape index (κ3) is 3.14. The monoisotopic (exact) mass is 182 g/mol. The van der Waals surface area contributed by atoms with Crippen LogP contribution < -0.4 is 0 Å². The predicted molar refractivity (Wildman–Crippen MR) is 48.8 cm³/mol. The standard InChI is InChI=1S/C10H14O3/c1-8-4-6-10(7-5-8)9(2)12-13-11-3/h4-7,9H,1-3H3. The molecule has 72 valence electrons. The van der Waals surface area contributed by atoms with Crippen molar-refractivity contribution in [2.75, 3.05) is 7.11 Å². The van der Waals surface area contributed by atoms with Gasteiger partial charge in [-0.05, 0) is 19.4 Å². The van der Waals surface area contributed by atoms with E-state index in [2.05, 4.69) is 9.93 Å². The van der Waals surface area contributed by atoms with Crippen molar-refractivity contribution in [2.45, 2.75) is 20.0 Å². The summed E-state index contributed by atoms with van der Waals surface area (Å²) in [5.41, 5.74) is 2.28. The largest absolute Gasteiger partial charge is 0.210 e. The van der Waals surface area contributed by atoms with Crippen LogP contribution >= 0.6 is 0 Å². The van der Waals surface area contributed by atoms with E-state index in [0.29, 0.717) is 0 Å².